The molecule has 0 spiro atoms. The first-order valence-electron chi connectivity index (χ1n) is 9.57. The number of phosphoric acid groups is 2. The molecule has 0 radical (unpaired) electrons. The average Bonchev–Trinajstić information content (AvgIpc) is 2.52. The summed E-state index contributed by atoms with van der Waals surface area (Å²) in [5.41, 5.74) is 4.46. The fourth-order valence-corrected chi connectivity index (χ4v) is 4.15. The zero-order chi connectivity index (χ0) is 22.5. The monoisotopic (exact) mass is 450 g/mol. The molecule has 0 aromatic carbocycles. The van der Waals surface area contributed by atoms with Crippen molar-refractivity contribution in [1.82, 2.24) is 0 Å². The van der Waals surface area contributed by atoms with Crippen molar-refractivity contribution < 1.29 is 32.3 Å². The summed E-state index contributed by atoms with van der Waals surface area (Å²) in [6.45, 7) is 11.6. The Bertz CT molecular complexity index is 660. The summed E-state index contributed by atoms with van der Waals surface area (Å²) < 4.78 is 38.2. The minimum Gasteiger partial charge on any atom is -0.302 e. The highest BCUT2D eigenvalue weighted by molar-refractivity contribution is 7.61. The highest BCUT2D eigenvalue weighted by Crippen LogP contribution is 2.61. The molecule has 0 aromatic rings. The van der Waals surface area contributed by atoms with E-state index in [1.54, 1.807) is 12.2 Å². The Balaban J connectivity index is 4.81. The second-order valence-electron chi connectivity index (χ2n) is 7.35. The summed E-state index contributed by atoms with van der Waals surface area (Å²) in [4.78, 5) is 18.0. The van der Waals surface area contributed by atoms with E-state index in [2.05, 4.69) is 16.5 Å². The largest absolute Gasteiger partial charge is 0.484 e. The molecule has 0 atom stereocenters. The third-order valence-electron chi connectivity index (χ3n) is 3.72. The van der Waals surface area contributed by atoms with E-state index in [0.29, 0.717) is 0 Å². The van der Waals surface area contributed by atoms with Crippen LogP contribution in [0.4, 0.5) is 0 Å². The summed E-state index contributed by atoms with van der Waals surface area (Å²) in [6.07, 6.45) is 10.9. The lowest BCUT2D eigenvalue weighted by molar-refractivity contribution is 0.159. The van der Waals surface area contributed by atoms with Crippen molar-refractivity contribution in [3.8, 4) is 0 Å². The number of rotatable bonds is 14. The van der Waals surface area contributed by atoms with Crippen LogP contribution in [0.5, 0.6) is 0 Å². The molecule has 0 saturated heterocycles. The molecule has 29 heavy (non-hydrogen) atoms. The van der Waals surface area contributed by atoms with Crippen molar-refractivity contribution in [3.63, 3.8) is 0 Å². The van der Waals surface area contributed by atoms with Crippen molar-refractivity contribution in [2.24, 2.45) is 0 Å². The molecule has 9 heteroatoms. The first kappa shape index (κ1) is 28.2. The molecule has 0 aliphatic carbocycles. The Kier molecular flexibility index (Phi) is 13.9. The van der Waals surface area contributed by atoms with E-state index in [9.17, 15) is 9.13 Å². The quantitative estimate of drug-likeness (QED) is 0.226. The number of phosphoric ester groups is 1. The van der Waals surface area contributed by atoms with Gasteiger partial charge in [-0.3, -0.25) is 9.05 Å². The van der Waals surface area contributed by atoms with Crippen LogP contribution in [0, 0.1) is 0 Å². The molecule has 168 valence electrons. The van der Waals surface area contributed by atoms with Crippen molar-refractivity contribution >= 4 is 15.6 Å². The third-order valence-corrected chi connectivity index (χ3v) is 6.30. The van der Waals surface area contributed by atoms with Crippen LogP contribution in [-0.2, 0) is 22.5 Å². The topological polar surface area (TPSA) is 102 Å². The third kappa shape index (κ3) is 17.8. The molecular formula is C20H36O7P2. The molecule has 0 unspecified atom stereocenters. The Morgan fingerprint density at radius 3 is 1.41 bits per heavy atom. The molecule has 0 heterocycles. The predicted molar refractivity (Wildman–Crippen MR) is 117 cm³/mol. The smallest absolute Gasteiger partial charge is 0.302 e. The van der Waals surface area contributed by atoms with Gasteiger partial charge in [0.2, 0.25) is 0 Å². The van der Waals surface area contributed by atoms with Crippen LogP contribution in [0.1, 0.15) is 67.2 Å². The molecule has 0 saturated carbocycles. The Hall–Kier alpha value is -0.780. The summed E-state index contributed by atoms with van der Waals surface area (Å²) in [7, 11) is -9.45. The zero-order valence-electron chi connectivity index (χ0n) is 18.4. The van der Waals surface area contributed by atoms with Crippen LogP contribution in [0.15, 0.2) is 46.6 Å². The average molecular weight is 450 g/mol. The Morgan fingerprint density at radius 1 is 0.724 bits per heavy atom. The van der Waals surface area contributed by atoms with Gasteiger partial charge in [-0.2, -0.15) is 4.31 Å². The van der Waals surface area contributed by atoms with Crippen molar-refractivity contribution in [2.75, 3.05) is 13.2 Å². The van der Waals surface area contributed by atoms with Gasteiger partial charge in [0, 0.05) is 0 Å². The minimum absolute atomic E-state index is 0.138. The maximum atomic E-state index is 12.6. The molecule has 0 fully saturated rings. The highest BCUT2D eigenvalue weighted by atomic mass is 31.3. The lowest BCUT2D eigenvalue weighted by Gasteiger charge is -2.17. The van der Waals surface area contributed by atoms with Gasteiger partial charge in [0.05, 0.1) is 13.2 Å². The molecule has 0 aliphatic heterocycles. The Labute approximate surface area is 175 Å². The van der Waals surface area contributed by atoms with Crippen LogP contribution in [0.25, 0.3) is 0 Å². The molecule has 0 aromatic heterocycles. The summed E-state index contributed by atoms with van der Waals surface area (Å²) in [6, 6.07) is 0. The van der Waals surface area contributed by atoms with E-state index >= 15 is 0 Å². The fourth-order valence-electron chi connectivity index (χ4n) is 2.14. The maximum absolute atomic E-state index is 12.6. The number of allylic oxidation sites excluding steroid dienone is 6. The van der Waals surface area contributed by atoms with Gasteiger partial charge in [-0.15, -0.1) is 0 Å². The van der Waals surface area contributed by atoms with Gasteiger partial charge in [-0.1, -0.05) is 46.6 Å². The molecule has 2 N–H and O–H groups in total. The van der Waals surface area contributed by atoms with Gasteiger partial charge in [0.25, 0.3) is 0 Å². The van der Waals surface area contributed by atoms with Crippen molar-refractivity contribution in [3.05, 3.63) is 46.6 Å². The normalized spacial score (nSPS) is 15.0. The molecular weight excluding hydrogens is 414 g/mol. The van der Waals surface area contributed by atoms with E-state index in [1.807, 2.05) is 41.5 Å². The van der Waals surface area contributed by atoms with E-state index in [4.69, 9.17) is 18.8 Å². The van der Waals surface area contributed by atoms with Crippen LogP contribution >= 0.6 is 15.6 Å². The summed E-state index contributed by atoms with van der Waals surface area (Å²) in [5, 5.41) is 0. The molecule has 0 aliphatic rings. The van der Waals surface area contributed by atoms with E-state index in [0.717, 1.165) is 36.8 Å². The first-order chi connectivity index (χ1) is 13.3. The molecule has 0 bridgehead atoms. The van der Waals surface area contributed by atoms with E-state index in [1.165, 1.54) is 11.1 Å². The first-order valence-corrected chi connectivity index (χ1v) is 12.6. The van der Waals surface area contributed by atoms with Gasteiger partial charge in [-0.25, -0.2) is 9.13 Å². The maximum Gasteiger partial charge on any atom is 0.484 e. The second kappa shape index (κ2) is 14.3. The van der Waals surface area contributed by atoms with Crippen LogP contribution in [-0.4, -0.2) is 23.0 Å². The number of hydrogen-bond donors (Lipinski definition) is 2. The lowest BCUT2D eigenvalue weighted by atomic mass is 10.1. The fraction of sp³-hybridized carbons (Fsp3) is 0.600. The van der Waals surface area contributed by atoms with E-state index < -0.39 is 15.6 Å². The SMILES string of the molecule is CC(C)=CCCC(C)=CCOP(=O)(OCC=C(C)CCC=C(C)C)OP(=O)(O)O. The predicted octanol–water partition coefficient (Wildman–Crippen LogP) is 6.62. The van der Waals surface area contributed by atoms with Gasteiger partial charge in [0.1, 0.15) is 0 Å². The standard InChI is InChI=1S/C20H36O7P2/c1-17(2)9-7-11-19(5)13-15-25-29(24,27-28(21,22)23)26-16-14-20(6)12-8-10-18(3)4/h9-10,13-14H,7-8,11-12,15-16H2,1-6H3,(H2,21,22,23). The highest BCUT2D eigenvalue weighted by Gasteiger charge is 2.35. The van der Waals surface area contributed by atoms with Crippen LogP contribution < -0.4 is 0 Å². The zero-order valence-corrected chi connectivity index (χ0v) is 20.2. The second-order valence-corrected chi connectivity index (χ2v) is 10.4. The molecule has 0 rings (SSSR count). The molecule has 7 nitrogen and oxygen atoms in total. The van der Waals surface area contributed by atoms with E-state index in [-0.39, 0.29) is 13.2 Å². The minimum atomic E-state index is -5.04. The van der Waals surface area contributed by atoms with Crippen molar-refractivity contribution in [2.45, 2.75) is 67.2 Å². The summed E-state index contributed by atoms with van der Waals surface area (Å²) >= 11 is 0. The van der Waals surface area contributed by atoms with Crippen LogP contribution in [0.2, 0.25) is 0 Å². The Morgan fingerprint density at radius 2 is 1.10 bits per heavy atom. The van der Waals surface area contributed by atoms with Gasteiger partial charge >= 0.3 is 15.6 Å². The van der Waals surface area contributed by atoms with Crippen LogP contribution in [0.3, 0.4) is 0 Å². The number of hydrogen-bond acceptors (Lipinski definition) is 5. The summed E-state index contributed by atoms with van der Waals surface area (Å²) in [5.74, 6) is 0. The van der Waals surface area contributed by atoms with Crippen molar-refractivity contribution in [1.29, 1.82) is 0 Å². The van der Waals surface area contributed by atoms with Gasteiger partial charge in [0.15, 0.2) is 0 Å². The molecule has 0 amide bonds. The van der Waals surface area contributed by atoms with Gasteiger partial charge in [-0.05, 0) is 67.2 Å². The lowest BCUT2D eigenvalue weighted by Crippen LogP contribution is -2.01. The van der Waals surface area contributed by atoms with Gasteiger partial charge < -0.3 is 9.79 Å².